The molecule has 0 aliphatic heterocycles. The SMILES string of the molecule is Cc1ccc(COP(=O)(OC(C)(C)C)OC(C)(C)C)cc1. The van der Waals surface area contributed by atoms with Gasteiger partial charge >= 0.3 is 7.82 Å². The summed E-state index contributed by atoms with van der Waals surface area (Å²) >= 11 is 0. The van der Waals surface area contributed by atoms with E-state index in [2.05, 4.69) is 0 Å². The Bertz CT molecular complexity index is 474. The van der Waals surface area contributed by atoms with Gasteiger partial charge in [0.2, 0.25) is 0 Å². The Morgan fingerprint density at radius 2 is 1.33 bits per heavy atom. The Hall–Kier alpha value is -0.670. The molecule has 4 nitrogen and oxygen atoms in total. The first-order valence-corrected chi connectivity index (χ1v) is 8.56. The molecule has 21 heavy (non-hydrogen) atoms. The molecule has 0 saturated carbocycles. The van der Waals surface area contributed by atoms with Gasteiger partial charge in [-0.3, -0.25) is 13.6 Å². The Kier molecular flexibility index (Phi) is 5.79. The van der Waals surface area contributed by atoms with E-state index in [0.29, 0.717) is 0 Å². The standard InChI is InChI=1S/C16H27O4P/c1-13-8-10-14(11-9-13)12-18-21(17,19-15(2,3)4)20-16(5,6)7/h8-11H,12H2,1-7H3. The van der Waals surface area contributed by atoms with Crippen LogP contribution in [-0.4, -0.2) is 11.2 Å². The average Bonchev–Trinajstić information content (AvgIpc) is 2.23. The lowest BCUT2D eigenvalue weighted by Gasteiger charge is -2.30. The second kappa shape index (κ2) is 6.62. The highest BCUT2D eigenvalue weighted by atomic mass is 31.2. The summed E-state index contributed by atoms with van der Waals surface area (Å²) < 4.78 is 29.5. The molecule has 0 fully saturated rings. The van der Waals surface area contributed by atoms with Crippen LogP contribution < -0.4 is 0 Å². The van der Waals surface area contributed by atoms with Gasteiger partial charge in [-0.2, -0.15) is 0 Å². The van der Waals surface area contributed by atoms with Gasteiger partial charge < -0.3 is 0 Å². The van der Waals surface area contributed by atoms with Gasteiger partial charge in [0.15, 0.2) is 0 Å². The van der Waals surface area contributed by atoms with Gasteiger partial charge in [-0.25, -0.2) is 4.57 Å². The molecule has 0 saturated heterocycles. The molecule has 0 aromatic heterocycles. The zero-order chi connectivity index (χ0) is 16.3. The average molecular weight is 314 g/mol. The summed E-state index contributed by atoms with van der Waals surface area (Å²) in [7, 11) is -3.64. The van der Waals surface area contributed by atoms with Crippen LogP contribution in [0.1, 0.15) is 52.7 Å². The van der Waals surface area contributed by atoms with Crippen molar-refractivity contribution < 1.29 is 18.1 Å². The van der Waals surface area contributed by atoms with Crippen molar-refractivity contribution in [1.29, 1.82) is 0 Å². The smallest absolute Gasteiger partial charge is 0.282 e. The Balaban J connectivity index is 2.82. The second-order valence-electron chi connectivity index (χ2n) is 7.11. The number of phosphoric acid groups is 1. The van der Waals surface area contributed by atoms with E-state index in [1.165, 1.54) is 5.56 Å². The molecular formula is C16H27O4P. The van der Waals surface area contributed by atoms with Gasteiger partial charge in [-0.15, -0.1) is 0 Å². The fourth-order valence-electron chi connectivity index (χ4n) is 1.58. The third-order valence-corrected chi connectivity index (χ3v) is 4.27. The summed E-state index contributed by atoms with van der Waals surface area (Å²) in [5, 5.41) is 0. The molecule has 0 bridgehead atoms. The zero-order valence-electron chi connectivity index (χ0n) is 14.1. The maximum absolute atomic E-state index is 12.8. The van der Waals surface area contributed by atoms with Gasteiger partial charge in [-0.1, -0.05) is 29.8 Å². The topological polar surface area (TPSA) is 44.8 Å². The van der Waals surface area contributed by atoms with Crippen LogP contribution in [0.25, 0.3) is 0 Å². The fraction of sp³-hybridized carbons (Fsp3) is 0.625. The summed E-state index contributed by atoms with van der Waals surface area (Å²) in [4.78, 5) is 0. The van der Waals surface area contributed by atoms with Crippen LogP contribution in [0, 0.1) is 6.92 Å². The second-order valence-corrected chi connectivity index (χ2v) is 8.63. The van der Waals surface area contributed by atoms with Crippen molar-refractivity contribution in [2.24, 2.45) is 0 Å². The molecule has 5 heteroatoms. The number of aryl methyl sites for hydroxylation is 1. The van der Waals surface area contributed by atoms with Crippen molar-refractivity contribution >= 4 is 7.82 Å². The van der Waals surface area contributed by atoms with Crippen molar-refractivity contribution in [3.63, 3.8) is 0 Å². The number of rotatable bonds is 5. The van der Waals surface area contributed by atoms with Crippen molar-refractivity contribution in [1.82, 2.24) is 0 Å². The fourth-order valence-corrected chi connectivity index (χ4v) is 3.37. The first-order chi connectivity index (χ1) is 9.39. The van der Waals surface area contributed by atoms with E-state index in [4.69, 9.17) is 13.6 Å². The van der Waals surface area contributed by atoms with Crippen molar-refractivity contribution in [3.8, 4) is 0 Å². The van der Waals surface area contributed by atoms with Crippen LogP contribution in [0.3, 0.4) is 0 Å². The molecule has 1 rings (SSSR count). The van der Waals surface area contributed by atoms with Gasteiger partial charge in [-0.05, 0) is 54.0 Å². The molecule has 0 unspecified atom stereocenters. The molecule has 0 N–H and O–H groups in total. The minimum atomic E-state index is -3.64. The lowest BCUT2D eigenvalue weighted by Crippen LogP contribution is -2.24. The molecule has 0 aliphatic carbocycles. The van der Waals surface area contributed by atoms with Gasteiger partial charge in [0, 0.05) is 0 Å². The summed E-state index contributed by atoms with van der Waals surface area (Å²) in [6, 6.07) is 7.85. The third-order valence-electron chi connectivity index (χ3n) is 2.28. The molecule has 0 spiro atoms. The van der Waals surface area contributed by atoms with Gasteiger partial charge in [0.25, 0.3) is 0 Å². The molecule has 0 heterocycles. The van der Waals surface area contributed by atoms with Crippen LogP contribution in [0.5, 0.6) is 0 Å². The molecule has 0 atom stereocenters. The van der Waals surface area contributed by atoms with Gasteiger partial charge in [0.05, 0.1) is 17.8 Å². The number of hydrogen-bond donors (Lipinski definition) is 0. The molecular weight excluding hydrogens is 287 g/mol. The Morgan fingerprint density at radius 1 is 0.905 bits per heavy atom. The minimum Gasteiger partial charge on any atom is -0.282 e. The molecule has 120 valence electrons. The first kappa shape index (κ1) is 18.4. The van der Waals surface area contributed by atoms with Gasteiger partial charge in [0.1, 0.15) is 0 Å². The Labute approximate surface area is 128 Å². The van der Waals surface area contributed by atoms with E-state index < -0.39 is 19.0 Å². The van der Waals surface area contributed by atoms with Crippen molar-refractivity contribution in [2.75, 3.05) is 0 Å². The van der Waals surface area contributed by atoms with Crippen LogP contribution in [-0.2, 0) is 24.7 Å². The quantitative estimate of drug-likeness (QED) is 0.696. The summed E-state index contributed by atoms with van der Waals surface area (Å²) in [6.45, 7) is 13.1. The highest BCUT2D eigenvalue weighted by Crippen LogP contribution is 2.55. The molecule has 0 amide bonds. The van der Waals surface area contributed by atoms with E-state index in [-0.39, 0.29) is 6.61 Å². The van der Waals surface area contributed by atoms with Crippen LogP contribution in [0.15, 0.2) is 24.3 Å². The van der Waals surface area contributed by atoms with Crippen molar-refractivity contribution in [3.05, 3.63) is 35.4 Å². The summed E-state index contributed by atoms with van der Waals surface area (Å²) in [5.74, 6) is 0. The Morgan fingerprint density at radius 3 is 1.71 bits per heavy atom. The minimum absolute atomic E-state index is 0.184. The molecule has 0 aliphatic rings. The lowest BCUT2D eigenvalue weighted by molar-refractivity contribution is 0.000856. The predicted octanol–water partition coefficient (Wildman–Crippen LogP) is 5.25. The highest BCUT2D eigenvalue weighted by Gasteiger charge is 2.37. The van der Waals surface area contributed by atoms with E-state index in [1.807, 2.05) is 72.7 Å². The predicted molar refractivity (Wildman–Crippen MR) is 85.3 cm³/mol. The first-order valence-electron chi connectivity index (χ1n) is 7.10. The number of phosphoric ester groups is 1. The van der Waals surface area contributed by atoms with E-state index in [1.54, 1.807) is 0 Å². The van der Waals surface area contributed by atoms with Crippen LogP contribution in [0.4, 0.5) is 0 Å². The maximum atomic E-state index is 12.8. The van der Waals surface area contributed by atoms with E-state index in [0.717, 1.165) is 5.56 Å². The van der Waals surface area contributed by atoms with Crippen molar-refractivity contribution in [2.45, 2.75) is 66.3 Å². The van der Waals surface area contributed by atoms with E-state index >= 15 is 0 Å². The number of hydrogen-bond acceptors (Lipinski definition) is 4. The number of benzene rings is 1. The van der Waals surface area contributed by atoms with E-state index in [9.17, 15) is 4.57 Å². The normalized spacial score (nSPS) is 13.5. The third kappa shape index (κ3) is 7.77. The molecule has 1 aromatic rings. The zero-order valence-corrected chi connectivity index (χ0v) is 15.0. The summed E-state index contributed by atoms with van der Waals surface area (Å²) in [5.41, 5.74) is 0.858. The summed E-state index contributed by atoms with van der Waals surface area (Å²) in [6.07, 6.45) is 0. The lowest BCUT2D eigenvalue weighted by atomic mass is 10.2. The highest BCUT2D eigenvalue weighted by molar-refractivity contribution is 7.48. The monoisotopic (exact) mass is 314 g/mol. The molecule has 1 aromatic carbocycles. The molecule has 0 radical (unpaired) electrons. The van der Waals surface area contributed by atoms with Crippen LogP contribution >= 0.6 is 7.82 Å². The maximum Gasteiger partial charge on any atom is 0.476 e. The van der Waals surface area contributed by atoms with Crippen LogP contribution in [0.2, 0.25) is 0 Å². The largest absolute Gasteiger partial charge is 0.476 e.